The van der Waals surface area contributed by atoms with Gasteiger partial charge in [-0.25, -0.2) is 9.97 Å². The Bertz CT molecular complexity index is 418. The first-order valence-corrected chi connectivity index (χ1v) is 7.20. The van der Waals surface area contributed by atoms with Crippen LogP contribution in [-0.4, -0.2) is 40.9 Å². The van der Waals surface area contributed by atoms with Crippen molar-refractivity contribution in [3.05, 3.63) is 17.5 Å². The summed E-state index contributed by atoms with van der Waals surface area (Å²) in [5.74, 6) is 0.291. The largest absolute Gasteiger partial charge is 0.468 e. The van der Waals surface area contributed by atoms with Crippen LogP contribution in [0.15, 0.2) is 11.2 Å². The molecule has 106 valence electrons. The highest BCUT2D eigenvalue weighted by atomic mass is 32.2. The third-order valence-corrected chi connectivity index (χ3v) is 3.30. The van der Waals surface area contributed by atoms with Gasteiger partial charge in [0.15, 0.2) is 5.16 Å². The first-order valence-electron chi connectivity index (χ1n) is 6.21. The minimum atomic E-state index is -0.348. The van der Waals surface area contributed by atoms with Crippen LogP contribution in [0.1, 0.15) is 25.2 Å². The molecule has 1 unspecified atom stereocenters. The van der Waals surface area contributed by atoms with Gasteiger partial charge in [-0.15, -0.1) is 0 Å². The van der Waals surface area contributed by atoms with Crippen molar-refractivity contribution in [3.8, 4) is 0 Å². The predicted molar refractivity (Wildman–Crippen MR) is 76.3 cm³/mol. The number of carbonyl (C=O) groups excluding carboxylic acids is 1. The zero-order valence-corrected chi connectivity index (χ0v) is 12.9. The maximum atomic E-state index is 11.7. The van der Waals surface area contributed by atoms with Crippen LogP contribution in [0.5, 0.6) is 0 Å². The monoisotopic (exact) mass is 283 g/mol. The quantitative estimate of drug-likeness (QED) is 0.487. The molecule has 0 aliphatic rings. The van der Waals surface area contributed by atoms with E-state index in [0.29, 0.717) is 10.9 Å². The van der Waals surface area contributed by atoms with Gasteiger partial charge in [0, 0.05) is 23.2 Å². The van der Waals surface area contributed by atoms with Gasteiger partial charge in [0.1, 0.15) is 6.04 Å². The normalized spacial score (nSPS) is 12.5. The topological polar surface area (TPSA) is 64.1 Å². The molecule has 0 saturated carbocycles. The van der Waals surface area contributed by atoms with Crippen molar-refractivity contribution < 1.29 is 9.53 Å². The first-order chi connectivity index (χ1) is 8.92. The van der Waals surface area contributed by atoms with E-state index in [-0.39, 0.29) is 18.1 Å². The van der Waals surface area contributed by atoms with Gasteiger partial charge in [-0.05, 0) is 19.9 Å². The van der Waals surface area contributed by atoms with Gasteiger partial charge in [-0.2, -0.15) is 0 Å². The van der Waals surface area contributed by atoms with Gasteiger partial charge in [-0.1, -0.05) is 25.6 Å². The number of nitrogens with zero attached hydrogens (tertiary/aromatic N) is 2. The number of nitrogens with one attached hydrogen (secondary N) is 1. The average molecular weight is 283 g/mol. The third kappa shape index (κ3) is 5.57. The summed E-state index contributed by atoms with van der Waals surface area (Å²) in [6.45, 7) is 7.85. The van der Waals surface area contributed by atoms with E-state index >= 15 is 0 Å². The lowest BCUT2D eigenvalue weighted by Gasteiger charge is -2.18. The average Bonchev–Trinajstić information content (AvgIpc) is 2.31. The van der Waals surface area contributed by atoms with Crippen molar-refractivity contribution in [1.29, 1.82) is 0 Å². The minimum absolute atomic E-state index is 0.213. The molecule has 1 heterocycles. The SMILES string of the molecule is COC(=O)C(CSc1nc(C)cc(C)n1)NC(C)C. The highest BCUT2D eigenvalue weighted by Crippen LogP contribution is 2.15. The number of aryl methyl sites for hydroxylation is 2. The second-order valence-corrected chi connectivity index (χ2v) is 5.63. The zero-order chi connectivity index (χ0) is 14.4. The van der Waals surface area contributed by atoms with Gasteiger partial charge in [0.05, 0.1) is 7.11 Å². The summed E-state index contributed by atoms with van der Waals surface area (Å²) in [6.07, 6.45) is 0. The molecule has 1 aromatic heterocycles. The minimum Gasteiger partial charge on any atom is -0.468 e. The second-order valence-electron chi connectivity index (χ2n) is 4.64. The lowest BCUT2D eigenvalue weighted by molar-refractivity contribution is -0.142. The molecule has 0 saturated heterocycles. The van der Waals surface area contributed by atoms with Crippen LogP contribution in [0.3, 0.4) is 0 Å². The Kier molecular flexibility index (Phi) is 6.24. The molecule has 0 fully saturated rings. The summed E-state index contributed by atoms with van der Waals surface area (Å²) in [5.41, 5.74) is 1.86. The second kappa shape index (κ2) is 7.45. The molecule has 1 atom stereocenters. The van der Waals surface area contributed by atoms with E-state index in [1.54, 1.807) is 0 Å². The predicted octanol–water partition coefficient (Wildman–Crippen LogP) is 1.73. The Morgan fingerprint density at radius 3 is 2.42 bits per heavy atom. The van der Waals surface area contributed by atoms with Crippen LogP contribution < -0.4 is 5.32 Å². The van der Waals surface area contributed by atoms with Crippen molar-refractivity contribution in [1.82, 2.24) is 15.3 Å². The Morgan fingerprint density at radius 2 is 1.95 bits per heavy atom. The lowest BCUT2D eigenvalue weighted by atomic mass is 10.3. The molecule has 0 radical (unpaired) electrons. The smallest absolute Gasteiger partial charge is 0.323 e. The fourth-order valence-corrected chi connectivity index (χ4v) is 2.61. The number of thioether (sulfide) groups is 1. The molecule has 1 aromatic rings. The van der Waals surface area contributed by atoms with Crippen LogP contribution in [0.25, 0.3) is 0 Å². The van der Waals surface area contributed by atoms with Crippen molar-refractivity contribution >= 4 is 17.7 Å². The van der Waals surface area contributed by atoms with E-state index in [4.69, 9.17) is 4.74 Å². The van der Waals surface area contributed by atoms with E-state index < -0.39 is 0 Å². The molecule has 5 nitrogen and oxygen atoms in total. The van der Waals surface area contributed by atoms with Gasteiger partial charge in [0.25, 0.3) is 0 Å². The van der Waals surface area contributed by atoms with E-state index in [1.165, 1.54) is 18.9 Å². The fraction of sp³-hybridized carbons (Fsp3) is 0.615. The number of hydrogen-bond donors (Lipinski definition) is 1. The molecule has 6 heteroatoms. The first kappa shape index (κ1) is 15.9. The third-order valence-electron chi connectivity index (χ3n) is 2.36. The Labute approximate surface area is 118 Å². The summed E-state index contributed by atoms with van der Waals surface area (Å²) in [5, 5.41) is 3.87. The van der Waals surface area contributed by atoms with Crippen molar-refractivity contribution in [2.75, 3.05) is 12.9 Å². The van der Waals surface area contributed by atoms with Gasteiger partial charge in [-0.3, -0.25) is 4.79 Å². The molecule has 0 aromatic carbocycles. The van der Waals surface area contributed by atoms with Crippen LogP contribution in [0.4, 0.5) is 0 Å². The van der Waals surface area contributed by atoms with Crippen molar-refractivity contribution in [3.63, 3.8) is 0 Å². The number of ether oxygens (including phenoxy) is 1. The number of esters is 1. The maximum absolute atomic E-state index is 11.7. The van der Waals surface area contributed by atoms with E-state index in [1.807, 2.05) is 33.8 Å². The highest BCUT2D eigenvalue weighted by Gasteiger charge is 2.20. The van der Waals surface area contributed by atoms with Crippen LogP contribution >= 0.6 is 11.8 Å². The fourth-order valence-electron chi connectivity index (χ4n) is 1.64. The summed E-state index contributed by atoms with van der Waals surface area (Å²) in [6, 6.07) is 1.79. The van der Waals surface area contributed by atoms with Gasteiger partial charge in [0.2, 0.25) is 0 Å². The number of carbonyl (C=O) groups is 1. The Hall–Kier alpha value is -1.14. The molecule has 0 amide bonds. The van der Waals surface area contributed by atoms with E-state index in [0.717, 1.165) is 11.4 Å². The molecule has 0 bridgehead atoms. The molecule has 0 aliphatic heterocycles. The van der Waals surface area contributed by atoms with Crippen molar-refractivity contribution in [2.45, 2.75) is 44.9 Å². The van der Waals surface area contributed by atoms with Gasteiger partial charge < -0.3 is 10.1 Å². The summed E-state index contributed by atoms with van der Waals surface area (Å²) < 4.78 is 4.79. The summed E-state index contributed by atoms with van der Waals surface area (Å²) in [4.78, 5) is 20.3. The molecular formula is C13H21N3O2S. The molecule has 19 heavy (non-hydrogen) atoms. The number of methoxy groups -OCH3 is 1. The van der Waals surface area contributed by atoms with Gasteiger partial charge >= 0.3 is 5.97 Å². The molecular weight excluding hydrogens is 262 g/mol. The summed E-state index contributed by atoms with van der Waals surface area (Å²) >= 11 is 1.46. The maximum Gasteiger partial charge on any atom is 0.323 e. The Balaban J connectivity index is 2.67. The molecule has 1 N–H and O–H groups in total. The molecule has 0 aliphatic carbocycles. The van der Waals surface area contributed by atoms with E-state index in [2.05, 4.69) is 15.3 Å². The number of rotatable bonds is 6. The standard InChI is InChI=1S/C13H21N3O2S/c1-8(2)14-11(12(17)18-5)7-19-13-15-9(3)6-10(4)16-13/h6,8,11,14H,7H2,1-5H3. The van der Waals surface area contributed by atoms with Crippen molar-refractivity contribution in [2.24, 2.45) is 0 Å². The lowest BCUT2D eigenvalue weighted by Crippen LogP contribution is -2.43. The number of aromatic nitrogens is 2. The Morgan fingerprint density at radius 1 is 1.37 bits per heavy atom. The summed E-state index contributed by atoms with van der Waals surface area (Å²) in [7, 11) is 1.40. The van der Waals surface area contributed by atoms with Crippen LogP contribution in [-0.2, 0) is 9.53 Å². The van der Waals surface area contributed by atoms with Crippen LogP contribution in [0.2, 0.25) is 0 Å². The highest BCUT2D eigenvalue weighted by molar-refractivity contribution is 7.99. The molecule has 1 rings (SSSR count). The zero-order valence-electron chi connectivity index (χ0n) is 12.1. The van der Waals surface area contributed by atoms with Crippen LogP contribution in [0, 0.1) is 13.8 Å². The number of hydrogen-bond acceptors (Lipinski definition) is 6. The van der Waals surface area contributed by atoms with E-state index in [9.17, 15) is 4.79 Å². The molecule has 0 spiro atoms.